The van der Waals surface area contributed by atoms with Gasteiger partial charge in [0, 0.05) is 12.2 Å². The second-order valence-electron chi connectivity index (χ2n) is 3.45. The highest BCUT2D eigenvalue weighted by Crippen LogP contribution is 2.15. The Hall–Kier alpha value is -1.84. The fourth-order valence-electron chi connectivity index (χ4n) is 1.56. The molecule has 1 heterocycles. The van der Waals surface area contributed by atoms with E-state index in [9.17, 15) is 4.79 Å². The van der Waals surface area contributed by atoms with E-state index in [2.05, 4.69) is 4.99 Å². The van der Waals surface area contributed by atoms with Crippen LogP contribution in [0.3, 0.4) is 0 Å². The van der Waals surface area contributed by atoms with E-state index in [1.165, 1.54) is 0 Å². The Kier molecular flexibility index (Phi) is 2.67. The lowest BCUT2D eigenvalue weighted by molar-refractivity contribution is -0.136. The van der Waals surface area contributed by atoms with E-state index in [0.717, 1.165) is 24.3 Å². The number of rotatable bonds is 3. The Morgan fingerprint density at radius 3 is 2.67 bits per heavy atom. The minimum atomic E-state index is -0.800. The number of benzene rings is 1. The van der Waals surface area contributed by atoms with Crippen molar-refractivity contribution in [3.63, 3.8) is 0 Å². The first kappa shape index (κ1) is 9.71. The van der Waals surface area contributed by atoms with Crippen molar-refractivity contribution in [3.8, 4) is 0 Å². The van der Waals surface area contributed by atoms with Gasteiger partial charge in [-0.05, 0) is 17.7 Å². The van der Waals surface area contributed by atoms with Gasteiger partial charge in [-0.1, -0.05) is 12.1 Å². The Balaban J connectivity index is 2.09. The minimum Gasteiger partial charge on any atom is -0.481 e. The van der Waals surface area contributed by atoms with E-state index in [1.54, 1.807) is 0 Å². The zero-order valence-electron chi connectivity index (χ0n) is 8.26. The van der Waals surface area contributed by atoms with Crippen molar-refractivity contribution in [2.24, 2.45) is 4.99 Å². The molecule has 78 valence electrons. The van der Waals surface area contributed by atoms with Crippen LogP contribution in [-0.2, 0) is 11.2 Å². The maximum absolute atomic E-state index is 10.5. The molecular formula is C11H12N2O2. The van der Waals surface area contributed by atoms with E-state index in [1.807, 2.05) is 35.5 Å². The summed E-state index contributed by atoms with van der Waals surface area (Å²) in [5.41, 5.74) is 1.88. The molecule has 0 spiro atoms. The molecule has 0 aromatic heterocycles. The molecule has 2 rings (SSSR count). The van der Waals surface area contributed by atoms with Crippen molar-refractivity contribution >= 4 is 18.0 Å². The largest absolute Gasteiger partial charge is 0.481 e. The van der Waals surface area contributed by atoms with Gasteiger partial charge in [0.25, 0.3) is 0 Å². The first-order valence-corrected chi connectivity index (χ1v) is 4.83. The molecule has 4 heteroatoms. The van der Waals surface area contributed by atoms with Crippen molar-refractivity contribution in [3.05, 3.63) is 29.8 Å². The molecule has 0 amide bonds. The molecule has 0 aliphatic carbocycles. The smallest absolute Gasteiger partial charge is 0.307 e. The van der Waals surface area contributed by atoms with E-state index in [-0.39, 0.29) is 6.42 Å². The SMILES string of the molecule is O=C(O)Cc1ccc(N2C=NCC2)cc1. The molecule has 0 saturated carbocycles. The predicted molar refractivity (Wildman–Crippen MR) is 58.5 cm³/mol. The number of nitrogens with zero attached hydrogens (tertiary/aromatic N) is 2. The van der Waals surface area contributed by atoms with Gasteiger partial charge in [-0.25, -0.2) is 0 Å². The summed E-state index contributed by atoms with van der Waals surface area (Å²) in [7, 11) is 0. The number of carboxylic acid groups (broad SMARTS) is 1. The second-order valence-corrected chi connectivity index (χ2v) is 3.45. The van der Waals surface area contributed by atoms with Gasteiger partial charge in [0.2, 0.25) is 0 Å². The van der Waals surface area contributed by atoms with Crippen LogP contribution in [0.15, 0.2) is 29.3 Å². The molecule has 0 atom stereocenters. The summed E-state index contributed by atoms with van der Waals surface area (Å²) in [5, 5.41) is 8.62. The summed E-state index contributed by atoms with van der Waals surface area (Å²) < 4.78 is 0. The molecule has 1 aliphatic rings. The minimum absolute atomic E-state index is 0.0777. The van der Waals surface area contributed by atoms with Gasteiger partial charge in [0.1, 0.15) is 0 Å². The third kappa shape index (κ3) is 2.34. The van der Waals surface area contributed by atoms with Gasteiger partial charge in [0.05, 0.1) is 19.3 Å². The van der Waals surface area contributed by atoms with E-state index < -0.39 is 5.97 Å². The number of aliphatic carboxylic acids is 1. The van der Waals surface area contributed by atoms with Gasteiger partial charge in [-0.2, -0.15) is 0 Å². The number of hydrogen-bond acceptors (Lipinski definition) is 3. The normalized spacial score (nSPS) is 14.5. The summed E-state index contributed by atoms with van der Waals surface area (Å²) in [6.07, 6.45) is 1.89. The van der Waals surface area contributed by atoms with Crippen LogP contribution in [0, 0.1) is 0 Å². The van der Waals surface area contributed by atoms with Gasteiger partial charge in [-0.3, -0.25) is 9.79 Å². The third-order valence-corrected chi connectivity index (χ3v) is 2.31. The van der Waals surface area contributed by atoms with E-state index in [0.29, 0.717) is 0 Å². The molecule has 1 aromatic carbocycles. The van der Waals surface area contributed by atoms with Gasteiger partial charge < -0.3 is 10.0 Å². The molecule has 0 bridgehead atoms. The van der Waals surface area contributed by atoms with Crippen molar-refractivity contribution in [2.75, 3.05) is 18.0 Å². The van der Waals surface area contributed by atoms with Gasteiger partial charge in [0.15, 0.2) is 0 Å². The third-order valence-electron chi connectivity index (χ3n) is 2.31. The maximum Gasteiger partial charge on any atom is 0.307 e. The van der Waals surface area contributed by atoms with Crippen LogP contribution in [0.1, 0.15) is 5.56 Å². The molecule has 1 N–H and O–H groups in total. The maximum atomic E-state index is 10.5. The number of hydrogen-bond donors (Lipinski definition) is 1. The molecule has 1 aromatic rings. The van der Waals surface area contributed by atoms with E-state index in [4.69, 9.17) is 5.11 Å². The lowest BCUT2D eigenvalue weighted by Gasteiger charge is -2.13. The lowest BCUT2D eigenvalue weighted by Crippen LogP contribution is -2.17. The molecule has 1 aliphatic heterocycles. The Labute approximate surface area is 87.9 Å². The highest BCUT2D eigenvalue weighted by Gasteiger charge is 2.07. The standard InChI is InChI=1S/C11H12N2O2/c14-11(15)7-9-1-3-10(4-2-9)13-6-5-12-8-13/h1-4,8H,5-7H2,(H,14,15). The molecule has 15 heavy (non-hydrogen) atoms. The van der Waals surface area contributed by atoms with Crippen LogP contribution in [0.5, 0.6) is 0 Å². The second kappa shape index (κ2) is 4.13. The van der Waals surface area contributed by atoms with Crippen LogP contribution >= 0.6 is 0 Å². The van der Waals surface area contributed by atoms with E-state index >= 15 is 0 Å². The topological polar surface area (TPSA) is 52.9 Å². The first-order valence-electron chi connectivity index (χ1n) is 4.83. The van der Waals surface area contributed by atoms with Gasteiger partial charge >= 0.3 is 5.97 Å². The van der Waals surface area contributed by atoms with Crippen LogP contribution in [0.2, 0.25) is 0 Å². The van der Waals surface area contributed by atoms with Gasteiger partial charge in [-0.15, -0.1) is 0 Å². The molecule has 0 unspecified atom stereocenters. The Morgan fingerprint density at radius 2 is 2.13 bits per heavy atom. The summed E-state index contributed by atoms with van der Waals surface area (Å²) in [5.74, 6) is -0.800. The average molecular weight is 204 g/mol. The zero-order chi connectivity index (χ0) is 10.7. The molecule has 0 radical (unpaired) electrons. The first-order chi connectivity index (χ1) is 7.25. The lowest BCUT2D eigenvalue weighted by atomic mass is 10.1. The number of carbonyl (C=O) groups is 1. The van der Waals surface area contributed by atoms with Crippen LogP contribution in [-0.4, -0.2) is 30.5 Å². The highest BCUT2D eigenvalue weighted by molar-refractivity contribution is 5.81. The molecular weight excluding hydrogens is 192 g/mol. The Bertz CT molecular complexity index is 384. The van der Waals surface area contributed by atoms with Crippen molar-refractivity contribution in [2.45, 2.75) is 6.42 Å². The number of anilines is 1. The average Bonchev–Trinajstić information content (AvgIpc) is 2.71. The Morgan fingerprint density at radius 1 is 1.40 bits per heavy atom. The van der Waals surface area contributed by atoms with Crippen molar-refractivity contribution in [1.29, 1.82) is 0 Å². The molecule has 0 fully saturated rings. The summed E-state index contributed by atoms with van der Waals surface area (Å²) >= 11 is 0. The highest BCUT2D eigenvalue weighted by atomic mass is 16.4. The monoisotopic (exact) mass is 204 g/mol. The summed E-state index contributed by atoms with van der Waals surface area (Å²) in [6, 6.07) is 7.54. The fourth-order valence-corrected chi connectivity index (χ4v) is 1.56. The van der Waals surface area contributed by atoms with Crippen LogP contribution in [0.25, 0.3) is 0 Å². The number of aliphatic imine (C=N–C) groups is 1. The zero-order valence-corrected chi connectivity index (χ0v) is 8.26. The van der Waals surface area contributed by atoms with Crippen molar-refractivity contribution < 1.29 is 9.90 Å². The molecule has 4 nitrogen and oxygen atoms in total. The van der Waals surface area contributed by atoms with Crippen molar-refractivity contribution in [1.82, 2.24) is 0 Å². The quantitative estimate of drug-likeness (QED) is 0.803. The number of carboxylic acids is 1. The molecule has 0 saturated heterocycles. The van der Waals surface area contributed by atoms with Crippen LogP contribution < -0.4 is 4.90 Å². The fraction of sp³-hybridized carbons (Fsp3) is 0.273. The summed E-state index contributed by atoms with van der Waals surface area (Å²) in [6.45, 7) is 1.73. The summed E-state index contributed by atoms with van der Waals surface area (Å²) in [4.78, 5) is 16.6. The predicted octanol–water partition coefficient (Wildman–Crippen LogP) is 1.16. The van der Waals surface area contributed by atoms with Crippen LogP contribution in [0.4, 0.5) is 5.69 Å².